The first kappa shape index (κ1) is 19.6. The number of benzene rings is 3. The quantitative estimate of drug-likeness (QED) is 0.309. The smallest absolute Gasteiger partial charge is 0.143 e. The van der Waals surface area contributed by atoms with Crippen LogP contribution in [0.3, 0.4) is 0 Å². The molecular weight excluding hydrogens is 350 g/mol. The second-order valence-corrected chi connectivity index (χ2v) is 6.30. The molecule has 0 saturated carbocycles. The normalized spacial score (nSPS) is 11.1. The summed E-state index contributed by atoms with van der Waals surface area (Å²) in [6.07, 6.45) is 0. The minimum atomic E-state index is -0.787. The number of rotatable bonds is 9. The second kappa shape index (κ2) is 9.20. The van der Waals surface area contributed by atoms with Crippen molar-refractivity contribution in [2.75, 3.05) is 27.4 Å². The predicted molar refractivity (Wildman–Crippen MR) is 113 cm³/mol. The van der Waals surface area contributed by atoms with Crippen molar-refractivity contribution in [1.82, 2.24) is 0 Å². The molecule has 0 amide bonds. The highest BCUT2D eigenvalue weighted by molar-refractivity contribution is 5.49. The number of aliphatic imine (C=N–C) groups is 1. The summed E-state index contributed by atoms with van der Waals surface area (Å²) in [4.78, 5) is 3.96. The van der Waals surface area contributed by atoms with Crippen molar-refractivity contribution in [3.8, 4) is 11.5 Å². The highest BCUT2D eigenvalue weighted by Gasteiger charge is 2.37. The third-order valence-corrected chi connectivity index (χ3v) is 4.74. The van der Waals surface area contributed by atoms with Crippen molar-refractivity contribution >= 4 is 6.72 Å². The molecule has 0 aromatic heterocycles. The maximum atomic E-state index is 6.56. The minimum Gasteiger partial charge on any atom is -0.497 e. The third-order valence-electron chi connectivity index (χ3n) is 4.74. The van der Waals surface area contributed by atoms with Crippen LogP contribution in [0.15, 0.2) is 83.9 Å². The molecule has 28 heavy (non-hydrogen) atoms. The highest BCUT2D eigenvalue weighted by atomic mass is 16.5. The van der Waals surface area contributed by atoms with Crippen LogP contribution in [0.25, 0.3) is 0 Å². The van der Waals surface area contributed by atoms with Gasteiger partial charge in [0.15, 0.2) is 0 Å². The van der Waals surface area contributed by atoms with Gasteiger partial charge in [-0.15, -0.1) is 0 Å². The molecule has 0 bridgehead atoms. The average molecular weight is 375 g/mol. The fourth-order valence-corrected chi connectivity index (χ4v) is 3.34. The van der Waals surface area contributed by atoms with Crippen LogP contribution in [0.4, 0.5) is 0 Å². The summed E-state index contributed by atoms with van der Waals surface area (Å²) in [7, 11) is 3.32. The Kier molecular flexibility index (Phi) is 6.45. The van der Waals surface area contributed by atoms with Crippen LogP contribution in [0.2, 0.25) is 0 Å². The zero-order chi connectivity index (χ0) is 19.8. The molecule has 0 spiro atoms. The van der Waals surface area contributed by atoms with Gasteiger partial charge < -0.3 is 14.2 Å². The summed E-state index contributed by atoms with van der Waals surface area (Å²) in [6.45, 7) is 4.54. The number of ether oxygens (including phenoxy) is 3. The number of methoxy groups -OCH3 is 2. The lowest BCUT2D eigenvalue weighted by atomic mass is 9.80. The summed E-state index contributed by atoms with van der Waals surface area (Å²) in [5, 5.41) is 0. The van der Waals surface area contributed by atoms with Crippen molar-refractivity contribution in [3.05, 3.63) is 95.6 Å². The third kappa shape index (κ3) is 3.92. The van der Waals surface area contributed by atoms with Crippen LogP contribution in [-0.4, -0.2) is 34.1 Å². The summed E-state index contributed by atoms with van der Waals surface area (Å²) in [5.74, 6) is 1.60. The lowest BCUT2D eigenvalue weighted by Crippen LogP contribution is -2.33. The van der Waals surface area contributed by atoms with E-state index in [0.717, 1.165) is 28.2 Å². The molecule has 0 aliphatic heterocycles. The number of hydrogen-bond donors (Lipinski definition) is 0. The van der Waals surface area contributed by atoms with Gasteiger partial charge >= 0.3 is 0 Å². The molecule has 144 valence electrons. The van der Waals surface area contributed by atoms with E-state index in [0.29, 0.717) is 13.2 Å². The van der Waals surface area contributed by atoms with E-state index >= 15 is 0 Å². The Balaban J connectivity index is 2.21. The maximum absolute atomic E-state index is 6.56. The fraction of sp³-hybridized carbons (Fsp3) is 0.208. The average Bonchev–Trinajstić information content (AvgIpc) is 2.78. The monoisotopic (exact) mass is 375 g/mol. The lowest BCUT2D eigenvalue weighted by Gasteiger charge is -2.36. The molecule has 3 rings (SSSR count). The Bertz CT molecular complexity index is 826. The summed E-state index contributed by atoms with van der Waals surface area (Å²) < 4.78 is 17.2. The van der Waals surface area contributed by atoms with Gasteiger partial charge in [0.1, 0.15) is 17.1 Å². The van der Waals surface area contributed by atoms with Crippen molar-refractivity contribution < 1.29 is 14.2 Å². The van der Waals surface area contributed by atoms with Gasteiger partial charge in [-0.1, -0.05) is 54.6 Å². The fourth-order valence-electron chi connectivity index (χ4n) is 3.34. The standard InChI is InChI=1S/C24H25NO3/c1-25-17-18-28-24(19-7-5-4-6-8-19,20-9-13-22(26-2)14-10-20)21-11-15-23(27-3)16-12-21/h4-16H,1,17-18H2,2-3H3. The molecule has 4 heteroatoms. The van der Waals surface area contributed by atoms with Gasteiger partial charge in [0.05, 0.1) is 27.4 Å². The van der Waals surface area contributed by atoms with Crippen LogP contribution in [0.1, 0.15) is 16.7 Å². The summed E-state index contributed by atoms with van der Waals surface area (Å²) in [5.41, 5.74) is 2.27. The van der Waals surface area contributed by atoms with E-state index in [2.05, 4.69) is 23.8 Å². The molecule has 0 N–H and O–H groups in total. The van der Waals surface area contributed by atoms with E-state index in [9.17, 15) is 0 Å². The largest absolute Gasteiger partial charge is 0.497 e. The molecule has 0 fully saturated rings. The lowest BCUT2D eigenvalue weighted by molar-refractivity contribution is 0.0181. The molecule has 0 saturated heterocycles. The Hall–Kier alpha value is -3.11. The molecule has 0 radical (unpaired) electrons. The van der Waals surface area contributed by atoms with Gasteiger partial charge in [0.2, 0.25) is 0 Å². The Morgan fingerprint density at radius 2 is 1.18 bits per heavy atom. The van der Waals surface area contributed by atoms with E-state index in [4.69, 9.17) is 14.2 Å². The van der Waals surface area contributed by atoms with E-state index in [1.54, 1.807) is 14.2 Å². The van der Waals surface area contributed by atoms with Gasteiger partial charge in [-0.3, -0.25) is 4.99 Å². The van der Waals surface area contributed by atoms with Gasteiger partial charge in [-0.25, -0.2) is 0 Å². The van der Waals surface area contributed by atoms with Crippen LogP contribution in [0, 0.1) is 0 Å². The number of nitrogens with zero attached hydrogens (tertiary/aromatic N) is 1. The predicted octanol–water partition coefficient (Wildman–Crippen LogP) is 4.71. The Morgan fingerprint density at radius 1 is 0.714 bits per heavy atom. The van der Waals surface area contributed by atoms with Gasteiger partial charge in [0, 0.05) is 0 Å². The summed E-state index contributed by atoms with van der Waals surface area (Å²) in [6, 6.07) is 26.2. The van der Waals surface area contributed by atoms with E-state index in [-0.39, 0.29) is 0 Å². The number of hydrogen-bond acceptors (Lipinski definition) is 4. The molecule has 0 atom stereocenters. The topological polar surface area (TPSA) is 40.0 Å². The molecule has 3 aromatic carbocycles. The van der Waals surface area contributed by atoms with Crippen molar-refractivity contribution in [2.24, 2.45) is 4.99 Å². The zero-order valence-corrected chi connectivity index (χ0v) is 16.3. The maximum Gasteiger partial charge on any atom is 0.143 e. The first-order chi connectivity index (χ1) is 13.7. The van der Waals surface area contributed by atoms with E-state index < -0.39 is 5.60 Å². The van der Waals surface area contributed by atoms with Crippen LogP contribution in [-0.2, 0) is 10.3 Å². The van der Waals surface area contributed by atoms with Gasteiger partial charge in [-0.05, 0) is 47.7 Å². The molecule has 4 nitrogen and oxygen atoms in total. The van der Waals surface area contributed by atoms with Crippen LogP contribution < -0.4 is 9.47 Å². The Labute approximate surface area is 166 Å². The zero-order valence-electron chi connectivity index (χ0n) is 16.3. The van der Waals surface area contributed by atoms with Crippen LogP contribution in [0.5, 0.6) is 11.5 Å². The molecule has 0 unspecified atom stereocenters. The van der Waals surface area contributed by atoms with Crippen molar-refractivity contribution in [1.29, 1.82) is 0 Å². The highest BCUT2D eigenvalue weighted by Crippen LogP contribution is 2.41. The SMILES string of the molecule is C=NCCOC(c1ccccc1)(c1ccc(OC)cc1)c1ccc(OC)cc1. The van der Waals surface area contributed by atoms with E-state index in [1.165, 1.54) is 0 Å². The Morgan fingerprint density at radius 3 is 1.61 bits per heavy atom. The first-order valence-corrected chi connectivity index (χ1v) is 9.15. The molecular formula is C24H25NO3. The molecule has 0 aliphatic rings. The minimum absolute atomic E-state index is 0.441. The van der Waals surface area contributed by atoms with Crippen LogP contribution >= 0.6 is 0 Å². The summed E-state index contributed by atoms with van der Waals surface area (Å²) >= 11 is 0. The van der Waals surface area contributed by atoms with Crippen molar-refractivity contribution in [2.45, 2.75) is 5.60 Å². The molecule has 0 aliphatic carbocycles. The van der Waals surface area contributed by atoms with E-state index in [1.807, 2.05) is 66.7 Å². The van der Waals surface area contributed by atoms with Gasteiger partial charge in [0.25, 0.3) is 0 Å². The first-order valence-electron chi connectivity index (χ1n) is 9.15. The molecule has 3 aromatic rings. The second-order valence-electron chi connectivity index (χ2n) is 6.30. The van der Waals surface area contributed by atoms with Crippen molar-refractivity contribution in [3.63, 3.8) is 0 Å². The van der Waals surface area contributed by atoms with Gasteiger partial charge in [-0.2, -0.15) is 0 Å². The molecule has 0 heterocycles.